The molecule has 0 radical (unpaired) electrons. The third-order valence-electron chi connectivity index (χ3n) is 3.43. The molecule has 3 N–H and O–H groups in total. The minimum absolute atomic E-state index is 0.0423. The predicted molar refractivity (Wildman–Crippen MR) is 72.4 cm³/mol. The molecule has 1 amide bonds. The molecule has 98 valence electrons. The zero-order valence-electron chi connectivity index (χ0n) is 10.2. The van der Waals surface area contributed by atoms with Crippen LogP contribution in [0.5, 0.6) is 0 Å². The summed E-state index contributed by atoms with van der Waals surface area (Å²) in [5.41, 5.74) is 6.62. The molecule has 2 rings (SSSR count). The van der Waals surface area contributed by atoms with Gasteiger partial charge in [-0.15, -0.1) is 0 Å². The van der Waals surface area contributed by atoms with Crippen molar-refractivity contribution in [1.29, 1.82) is 0 Å². The third-order valence-corrected chi connectivity index (χ3v) is 3.76. The Morgan fingerprint density at radius 3 is 2.94 bits per heavy atom. The maximum atomic E-state index is 12.2. The molecule has 2 unspecified atom stereocenters. The average molecular weight is 268 g/mol. The van der Waals surface area contributed by atoms with Gasteiger partial charge in [0.05, 0.1) is 22.8 Å². The van der Waals surface area contributed by atoms with Gasteiger partial charge in [-0.25, -0.2) is 0 Å². The quantitative estimate of drug-likeness (QED) is 0.810. The predicted octanol–water partition coefficient (Wildman–Crippen LogP) is 2.58. The highest BCUT2D eigenvalue weighted by Crippen LogP contribution is 2.25. The van der Waals surface area contributed by atoms with Gasteiger partial charge in [0.2, 0.25) is 5.91 Å². The van der Waals surface area contributed by atoms with E-state index in [1.165, 1.54) is 0 Å². The number of halogens is 1. The molecule has 0 bridgehead atoms. The largest absolute Gasteiger partial charge is 0.327 e. The van der Waals surface area contributed by atoms with Crippen LogP contribution in [0.15, 0.2) is 18.5 Å². The Morgan fingerprint density at radius 1 is 1.39 bits per heavy atom. The SMILES string of the molecule is NC1CCCCCC1C(=O)Nc1cnccc1Cl. The lowest BCUT2D eigenvalue weighted by atomic mass is 9.94. The number of carbonyl (C=O) groups is 1. The molecule has 1 fully saturated rings. The lowest BCUT2D eigenvalue weighted by Crippen LogP contribution is -2.37. The van der Waals surface area contributed by atoms with Crippen molar-refractivity contribution in [1.82, 2.24) is 4.98 Å². The molecule has 0 saturated heterocycles. The van der Waals surface area contributed by atoms with Crippen LogP contribution in [0.25, 0.3) is 0 Å². The summed E-state index contributed by atoms with van der Waals surface area (Å²) in [4.78, 5) is 16.2. The van der Waals surface area contributed by atoms with Crippen molar-refractivity contribution in [3.8, 4) is 0 Å². The minimum Gasteiger partial charge on any atom is -0.327 e. The van der Waals surface area contributed by atoms with Gasteiger partial charge in [-0.05, 0) is 18.9 Å². The van der Waals surface area contributed by atoms with Gasteiger partial charge in [-0.3, -0.25) is 9.78 Å². The van der Waals surface area contributed by atoms with E-state index in [9.17, 15) is 4.79 Å². The Labute approximate surface area is 112 Å². The molecule has 5 heteroatoms. The molecule has 1 aromatic heterocycles. The Morgan fingerprint density at radius 2 is 2.17 bits per heavy atom. The van der Waals surface area contributed by atoms with Crippen LogP contribution in [0.3, 0.4) is 0 Å². The van der Waals surface area contributed by atoms with Crippen molar-refractivity contribution < 1.29 is 4.79 Å². The number of nitrogens with zero attached hydrogens (tertiary/aromatic N) is 1. The van der Waals surface area contributed by atoms with Crippen molar-refractivity contribution in [3.05, 3.63) is 23.5 Å². The zero-order chi connectivity index (χ0) is 13.0. The van der Waals surface area contributed by atoms with Crippen LogP contribution in [-0.4, -0.2) is 16.9 Å². The molecular weight excluding hydrogens is 250 g/mol. The fraction of sp³-hybridized carbons (Fsp3) is 0.538. The van der Waals surface area contributed by atoms with E-state index in [0.717, 1.165) is 32.1 Å². The van der Waals surface area contributed by atoms with Gasteiger partial charge in [0.25, 0.3) is 0 Å². The lowest BCUT2D eigenvalue weighted by Gasteiger charge is -2.20. The number of carbonyl (C=O) groups excluding carboxylic acids is 1. The third kappa shape index (κ3) is 3.21. The molecule has 1 saturated carbocycles. The lowest BCUT2D eigenvalue weighted by molar-refractivity contribution is -0.120. The average Bonchev–Trinajstić information content (AvgIpc) is 2.57. The summed E-state index contributed by atoms with van der Waals surface area (Å²) in [6.07, 6.45) is 8.25. The molecule has 18 heavy (non-hydrogen) atoms. The van der Waals surface area contributed by atoms with Gasteiger partial charge in [0, 0.05) is 12.2 Å². The number of nitrogens with one attached hydrogen (secondary N) is 1. The second kappa shape index (κ2) is 6.16. The number of rotatable bonds is 2. The molecular formula is C13H18ClN3O. The van der Waals surface area contributed by atoms with Gasteiger partial charge in [-0.1, -0.05) is 30.9 Å². The maximum absolute atomic E-state index is 12.2. The molecule has 4 nitrogen and oxygen atoms in total. The van der Waals surface area contributed by atoms with Gasteiger partial charge in [0.1, 0.15) is 0 Å². The van der Waals surface area contributed by atoms with E-state index in [4.69, 9.17) is 17.3 Å². The summed E-state index contributed by atoms with van der Waals surface area (Å²) in [6, 6.07) is 1.60. The summed E-state index contributed by atoms with van der Waals surface area (Å²) in [7, 11) is 0. The normalized spacial score (nSPS) is 24.3. The minimum atomic E-state index is -0.122. The fourth-order valence-electron chi connectivity index (χ4n) is 2.36. The molecule has 1 aliphatic rings. The molecule has 0 spiro atoms. The van der Waals surface area contributed by atoms with E-state index < -0.39 is 0 Å². The Hall–Kier alpha value is -1.13. The number of anilines is 1. The smallest absolute Gasteiger partial charge is 0.229 e. The Bertz CT molecular complexity index is 424. The summed E-state index contributed by atoms with van der Waals surface area (Å²) in [5, 5.41) is 3.33. The van der Waals surface area contributed by atoms with E-state index in [-0.39, 0.29) is 17.9 Å². The number of hydrogen-bond donors (Lipinski definition) is 2. The van der Waals surface area contributed by atoms with Crippen molar-refractivity contribution in [2.75, 3.05) is 5.32 Å². The van der Waals surface area contributed by atoms with E-state index in [1.807, 2.05) is 0 Å². The van der Waals surface area contributed by atoms with Crippen LogP contribution in [0.2, 0.25) is 5.02 Å². The number of aromatic nitrogens is 1. The van der Waals surface area contributed by atoms with Crippen molar-refractivity contribution in [2.24, 2.45) is 11.7 Å². The van der Waals surface area contributed by atoms with Crippen LogP contribution in [-0.2, 0) is 4.79 Å². The van der Waals surface area contributed by atoms with E-state index in [0.29, 0.717) is 10.7 Å². The summed E-state index contributed by atoms with van der Waals surface area (Å²) in [5.74, 6) is -0.164. The first-order valence-electron chi connectivity index (χ1n) is 6.34. The molecule has 2 atom stereocenters. The van der Waals surface area contributed by atoms with Gasteiger partial charge in [-0.2, -0.15) is 0 Å². The molecule has 0 aliphatic heterocycles. The van der Waals surface area contributed by atoms with E-state index in [1.54, 1.807) is 18.5 Å². The molecule has 1 aliphatic carbocycles. The van der Waals surface area contributed by atoms with Crippen LogP contribution in [0.4, 0.5) is 5.69 Å². The Balaban J connectivity index is 2.04. The van der Waals surface area contributed by atoms with Gasteiger partial charge in [0.15, 0.2) is 0 Å². The number of pyridine rings is 1. The number of amides is 1. The Kier molecular flexibility index (Phi) is 4.55. The molecule has 0 aromatic carbocycles. The first-order valence-corrected chi connectivity index (χ1v) is 6.72. The first kappa shape index (κ1) is 13.3. The summed E-state index contributed by atoms with van der Waals surface area (Å²) in [6.45, 7) is 0. The number of nitrogens with two attached hydrogens (primary N) is 1. The summed E-state index contributed by atoms with van der Waals surface area (Å²) < 4.78 is 0. The zero-order valence-corrected chi connectivity index (χ0v) is 11.0. The standard InChI is InChI=1S/C13H18ClN3O/c14-10-6-7-16-8-12(10)17-13(18)9-4-2-1-3-5-11(9)15/h6-9,11H,1-5,15H2,(H,17,18). The van der Waals surface area contributed by atoms with Crippen LogP contribution in [0, 0.1) is 5.92 Å². The first-order chi connectivity index (χ1) is 8.68. The second-order valence-corrected chi connectivity index (χ2v) is 5.16. The topological polar surface area (TPSA) is 68.0 Å². The molecule has 1 aromatic rings. The van der Waals surface area contributed by atoms with E-state index in [2.05, 4.69) is 10.3 Å². The second-order valence-electron chi connectivity index (χ2n) is 4.75. The fourth-order valence-corrected chi connectivity index (χ4v) is 2.51. The van der Waals surface area contributed by atoms with Crippen molar-refractivity contribution in [2.45, 2.75) is 38.1 Å². The van der Waals surface area contributed by atoms with Crippen molar-refractivity contribution >= 4 is 23.2 Å². The monoisotopic (exact) mass is 267 g/mol. The number of hydrogen-bond acceptors (Lipinski definition) is 3. The highest BCUT2D eigenvalue weighted by Gasteiger charge is 2.27. The highest BCUT2D eigenvalue weighted by atomic mass is 35.5. The van der Waals surface area contributed by atoms with E-state index >= 15 is 0 Å². The molecule has 1 heterocycles. The van der Waals surface area contributed by atoms with Crippen LogP contribution in [0.1, 0.15) is 32.1 Å². The maximum Gasteiger partial charge on any atom is 0.229 e. The van der Waals surface area contributed by atoms with Gasteiger partial charge >= 0.3 is 0 Å². The summed E-state index contributed by atoms with van der Waals surface area (Å²) >= 11 is 5.99. The van der Waals surface area contributed by atoms with Crippen LogP contribution >= 0.6 is 11.6 Å². The van der Waals surface area contributed by atoms with Crippen molar-refractivity contribution in [3.63, 3.8) is 0 Å². The van der Waals surface area contributed by atoms with Crippen LogP contribution < -0.4 is 11.1 Å². The highest BCUT2D eigenvalue weighted by molar-refractivity contribution is 6.33. The van der Waals surface area contributed by atoms with Gasteiger partial charge < -0.3 is 11.1 Å².